The second kappa shape index (κ2) is 5.01. The molecular formula is C11H8BrIN2O. The Balaban J connectivity index is 2.30. The number of nitrogen functional groups attached to an aromatic ring is 1. The largest absolute Gasteiger partial charge is 0.454 e. The highest BCUT2D eigenvalue weighted by Gasteiger charge is 2.07. The summed E-state index contributed by atoms with van der Waals surface area (Å²) in [5, 5.41) is 0. The molecule has 0 aliphatic heterocycles. The van der Waals surface area contributed by atoms with Gasteiger partial charge in [0, 0.05) is 9.77 Å². The van der Waals surface area contributed by atoms with Gasteiger partial charge in [-0.05, 0) is 62.8 Å². The molecule has 0 fully saturated rings. The van der Waals surface area contributed by atoms with Crippen LogP contribution in [0.25, 0.3) is 0 Å². The van der Waals surface area contributed by atoms with Crippen molar-refractivity contribution in [3.63, 3.8) is 0 Å². The monoisotopic (exact) mass is 390 g/mol. The molecule has 2 aromatic rings. The number of nitrogens with zero attached hydrogens (tertiary/aromatic N) is 1. The number of anilines is 1. The van der Waals surface area contributed by atoms with Gasteiger partial charge in [0.15, 0.2) is 5.75 Å². The van der Waals surface area contributed by atoms with Crippen molar-refractivity contribution < 1.29 is 4.74 Å². The molecule has 1 aromatic heterocycles. The predicted molar refractivity (Wildman–Crippen MR) is 75.6 cm³/mol. The van der Waals surface area contributed by atoms with E-state index in [0.717, 1.165) is 13.8 Å². The lowest BCUT2D eigenvalue weighted by molar-refractivity contribution is 0.481. The number of halogens is 2. The third-order valence-corrected chi connectivity index (χ3v) is 3.20. The topological polar surface area (TPSA) is 48.1 Å². The first-order valence-electron chi connectivity index (χ1n) is 4.49. The number of aromatic nitrogens is 1. The highest BCUT2D eigenvalue weighted by molar-refractivity contribution is 14.1. The normalized spacial score (nSPS) is 10.1. The van der Waals surface area contributed by atoms with Gasteiger partial charge in [0.1, 0.15) is 5.75 Å². The first-order chi connectivity index (χ1) is 7.66. The molecule has 3 nitrogen and oxygen atoms in total. The van der Waals surface area contributed by atoms with E-state index in [0.29, 0.717) is 11.4 Å². The maximum Gasteiger partial charge on any atom is 0.167 e. The SMILES string of the molecule is Nc1cncc(Br)c1Oc1ccc(I)cc1. The molecule has 0 aliphatic rings. The zero-order chi connectivity index (χ0) is 11.5. The molecule has 1 aromatic carbocycles. The number of hydrogen-bond donors (Lipinski definition) is 1. The molecule has 2 N–H and O–H groups in total. The fourth-order valence-corrected chi connectivity index (χ4v) is 1.95. The van der Waals surface area contributed by atoms with Crippen LogP contribution in [0.3, 0.4) is 0 Å². The Morgan fingerprint density at radius 1 is 1.19 bits per heavy atom. The molecule has 16 heavy (non-hydrogen) atoms. The van der Waals surface area contributed by atoms with E-state index in [4.69, 9.17) is 10.5 Å². The fraction of sp³-hybridized carbons (Fsp3) is 0. The van der Waals surface area contributed by atoms with Crippen molar-refractivity contribution in [3.8, 4) is 11.5 Å². The lowest BCUT2D eigenvalue weighted by atomic mass is 10.3. The minimum atomic E-state index is 0.507. The molecule has 2 rings (SSSR count). The van der Waals surface area contributed by atoms with Gasteiger partial charge in [0.25, 0.3) is 0 Å². The van der Waals surface area contributed by atoms with Crippen LogP contribution in [0.1, 0.15) is 0 Å². The first-order valence-corrected chi connectivity index (χ1v) is 6.36. The number of benzene rings is 1. The molecule has 0 saturated heterocycles. The Morgan fingerprint density at radius 2 is 1.88 bits per heavy atom. The average Bonchev–Trinajstić information content (AvgIpc) is 2.26. The summed E-state index contributed by atoms with van der Waals surface area (Å²) in [6.07, 6.45) is 3.21. The Kier molecular flexibility index (Phi) is 3.65. The van der Waals surface area contributed by atoms with E-state index in [1.807, 2.05) is 24.3 Å². The smallest absolute Gasteiger partial charge is 0.167 e. The molecular weight excluding hydrogens is 383 g/mol. The van der Waals surface area contributed by atoms with Crippen LogP contribution in [-0.4, -0.2) is 4.98 Å². The van der Waals surface area contributed by atoms with Crippen LogP contribution < -0.4 is 10.5 Å². The Bertz CT molecular complexity index is 482. The van der Waals surface area contributed by atoms with E-state index in [1.54, 1.807) is 12.4 Å². The molecule has 0 bridgehead atoms. The van der Waals surface area contributed by atoms with Gasteiger partial charge >= 0.3 is 0 Å². The summed E-state index contributed by atoms with van der Waals surface area (Å²) in [6.45, 7) is 0. The van der Waals surface area contributed by atoms with E-state index >= 15 is 0 Å². The van der Waals surface area contributed by atoms with Crippen LogP contribution in [0.2, 0.25) is 0 Å². The maximum atomic E-state index is 5.78. The van der Waals surface area contributed by atoms with Crippen molar-refractivity contribution >= 4 is 44.2 Å². The molecule has 0 unspecified atom stereocenters. The van der Waals surface area contributed by atoms with E-state index < -0.39 is 0 Å². The van der Waals surface area contributed by atoms with Crippen LogP contribution in [-0.2, 0) is 0 Å². The van der Waals surface area contributed by atoms with Gasteiger partial charge in [0.2, 0.25) is 0 Å². The Hall–Kier alpha value is -0.820. The first kappa shape index (κ1) is 11.7. The van der Waals surface area contributed by atoms with E-state index in [1.165, 1.54) is 0 Å². The minimum Gasteiger partial charge on any atom is -0.454 e. The number of nitrogens with two attached hydrogens (primary N) is 1. The van der Waals surface area contributed by atoms with Crippen molar-refractivity contribution in [1.29, 1.82) is 0 Å². The molecule has 0 saturated carbocycles. The molecule has 0 aliphatic carbocycles. The van der Waals surface area contributed by atoms with Crippen molar-refractivity contribution in [2.45, 2.75) is 0 Å². The standard InChI is InChI=1S/C11H8BrIN2O/c12-9-5-15-6-10(14)11(9)16-8-3-1-7(13)2-4-8/h1-6H,14H2. The molecule has 82 valence electrons. The molecule has 0 radical (unpaired) electrons. The van der Waals surface area contributed by atoms with Crippen LogP contribution >= 0.6 is 38.5 Å². The number of ether oxygens (including phenoxy) is 1. The third-order valence-electron chi connectivity index (χ3n) is 1.91. The van der Waals surface area contributed by atoms with E-state index in [2.05, 4.69) is 43.5 Å². The van der Waals surface area contributed by atoms with Gasteiger partial charge in [-0.2, -0.15) is 0 Å². The van der Waals surface area contributed by atoms with Crippen LogP contribution in [0, 0.1) is 3.57 Å². The number of pyridine rings is 1. The molecule has 0 amide bonds. The summed E-state index contributed by atoms with van der Waals surface area (Å²) in [7, 11) is 0. The third kappa shape index (κ3) is 2.65. The van der Waals surface area contributed by atoms with Gasteiger partial charge in [-0.3, -0.25) is 4.98 Å². The highest BCUT2D eigenvalue weighted by atomic mass is 127. The summed E-state index contributed by atoms with van der Waals surface area (Å²) in [5.41, 5.74) is 6.29. The van der Waals surface area contributed by atoms with Crippen molar-refractivity contribution in [2.24, 2.45) is 0 Å². The van der Waals surface area contributed by atoms with Gasteiger partial charge in [-0.1, -0.05) is 0 Å². The highest BCUT2D eigenvalue weighted by Crippen LogP contribution is 2.33. The van der Waals surface area contributed by atoms with Gasteiger partial charge in [0.05, 0.1) is 16.4 Å². The molecule has 5 heteroatoms. The lowest BCUT2D eigenvalue weighted by Gasteiger charge is -2.09. The molecule has 0 spiro atoms. The Labute approximate surface area is 115 Å². The second-order valence-electron chi connectivity index (χ2n) is 3.10. The lowest BCUT2D eigenvalue weighted by Crippen LogP contribution is -1.94. The number of rotatable bonds is 2. The minimum absolute atomic E-state index is 0.507. The summed E-state index contributed by atoms with van der Waals surface area (Å²) in [6, 6.07) is 7.74. The van der Waals surface area contributed by atoms with Crippen LogP contribution in [0.4, 0.5) is 5.69 Å². The summed E-state index contributed by atoms with van der Waals surface area (Å²) in [4.78, 5) is 3.95. The van der Waals surface area contributed by atoms with Crippen LogP contribution in [0.15, 0.2) is 41.1 Å². The quantitative estimate of drug-likeness (QED) is 0.793. The zero-order valence-electron chi connectivity index (χ0n) is 8.15. The fourth-order valence-electron chi connectivity index (χ4n) is 1.17. The van der Waals surface area contributed by atoms with Gasteiger partial charge < -0.3 is 10.5 Å². The van der Waals surface area contributed by atoms with Crippen molar-refractivity contribution in [1.82, 2.24) is 4.98 Å². The molecule has 0 atom stereocenters. The van der Waals surface area contributed by atoms with Gasteiger partial charge in [-0.15, -0.1) is 0 Å². The zero-order valence-corrected chi connectivity index (χ0v) is 11.9. The van der Waals surface area contributed by atoms with E-state index in [-0.39, 0.29) is 0 Å². The van der Waals surface area contributed by atoms with Crippen LogP contribution in [0.5, 0.6) is 11.5 Å². The predicted octanol–water partition coefficient (Wildman–Crippen LogP) is 3.82. The summed E-state index contributed by atoms with van der Waals surface area (Å²) in [5.74, 6) is 1.34. The maximum absolute atomic E-state index is 5.78. The summed E-state index contributed by atoms with van der Waals surface area (Å²) >= 11 is 5.59. The van der Waals surface area contributed by atoms with Gasteiger partial charge in [-0.25, -0.2) is 0 Å². The Morgan fingerprint density at radius 3 is 2.50 bits per heavy atom. The average molecular weight is 391 g/mol. The van der Waals surface area contributed by atoms with E-state index in [9.17, 15) is 0 Å². The van der Waals surface area contributed by atoms with Crippen molar-refractivity contribution in [3.05, 3.63) is 44.7 Å². The summed E-state index contributed by atoms with van der Waals surface area (Å²) < 4.78 is 7.58. The molecule has 1 heterocycles. The van der Waals surface area contributed by atoms with Crippen molar-refractivity contribution in [2.75, 3.05) is 5.73 Å². The number of hydrogen-bond acceptors (Lipinski definition) is 3. The second-order valence-corrected chi connectivity index (χ2v) is 5.20.